The van der Waals surface area contributed by atoms with Gasteiger partial charge in [0.05, 0.1) is 6.04 Å². The number of nitrogens with zero attached hydrogens (tertiary/aromatic N) is 3. The predicted molar refractivity (Wildman–Crippen MR) is 97.9 cm³/mol. The van der Waals surface area contributed by atoms with E-state index in [1.807, 2.05) is 11.8 Å². The summed E-state index contributed by atoms with van der Waals surface area (Å²) in [5.74, 6) is -1.07. The van der Waals surface area contributed by atoms with E-state index in [9.17, 15) is 13.6 Å². The average Bonchev–Trinajstić information content (AvgIpc) is 3.36. The molecule has 0 saturated carbocycles. The van der Waals surface area contributed by atoms with Crippen LogP contribution in [0.3, 0.4) is 0 Å². The van der Waals surface area contributed by atoms with Crippen LogP contribution in [0.15, 0.2) is 29.0 Å². The van der Waals surface area contributed by atoms with Gasteiger partial charge in [-0.2, -0.15) is 0 Å². The van der Waals surface area contributed by atoms with Crippen LogP contribution in [-0.2, 0) is 6.42 Å². The topological polar surface area (TPSA) is 49.6 Å². The van der Waals surface area contributed by atoms with Gasteiger partial charge in [0.2, 0.25) is 0 Å². The fraction of sp³-hybridized carbons (Fsp3) is 0.524. The molecule has 0 N–H and O–H groups in total. The van der Waals surface area contributed by atoms with E-state index >= 15 is 0 Å². The van der Waals surface area contributed by atoms with Gasteiger partial charge < -0.3 is 9.32 Å². The Bertz CT molecular complexity index is 907. The van der Waals surface area contributed by atoms with Crippen LogP contribution in [0.4, 0.5) is 8.78 Å². The van der Waals surface area contributed by atoms with Crippen LogP contribution >= 0.6 is 0 Å². The molecule has 1 aromatic heterocycles. The SMILES string of the molecule is CCc1ocnc1C(=O)N1C[C@H](c2cccc(F)c2F)[C@@H]2[C@H]1C1CCN2CC1. The number of hydrogen-bond donors (Lipinski definition) is 0. The Morgan fingerprint density at radius 2 is 2.04 bits per heavy atom. The molecular formula is C21H23F2N3O2. The Morgan fingerprint density at radius 1 is 1.25 bits per heavy atom. The molecule has 4 aliphatic rings. The summed E-state index contributed by atoms with van der Waals surface area (Å²) in [5.41, 5.74) is 0.715. The molecule has 148 valence electrons. The first-order valence-electron chi connectivity index (χ1n) is 10.0. The lowest BCUT2D eigenvalue weighted by molar-refractivity contribution is -0.00380. The van der Waals surface area contributed by atoms with Gasteiger partial charge in [0.25, 0.3) is 5.91 Å². The van der Waals surface area contributed by atoms with Crippen molar-refractivity contribution in [3.8, 4) is 0 Å². The molecule has 6 rings (SSSR count). The molecule has 3 atom stereocenters. The summed E-state index contributed by atoms with van der Waals surface area (Å²) < 4.78 is 33.9. The Morgan fingerprint density at radius 3 is 2.79 bits per heavy atom. The molecule has 4 aliphatic heterocycles. The molecule has 0 unspecified atom stereocenters. The first-order chi connectivity index (χ1) is 13.6. The number of halogens is 2. The van der Waals surface area contributed by atoms with Gasteiger partial charge in [0.1, 0.15) is 5.76 Å². The van der Waals surface area contributed by atoms with Gasteiger partial charge in [-0.1, -0.05) is 19.1 Å². The summed E-state index contributed by atoms with van der Waals surface area (Å²) in [6.45, 7) is 4.19. The molecule has 1 amide bonds. The smallest absolute Gasteiger partial charge is 0.276 e. The minimum Gasteiger partial charge on any atom is -0.448 e. The van der Waals surface area contributed by atoms with Crippen LogP contribution < -0.4 is 0 Å². The van der Waals surface area contributed by atoms with E-state index < -0.39 is 11.6 Å². The summed E-state index contributed by atoms with van der Waals surface area (Å²) in [6.07, 6.45) is 3.95. The first kappa shape index (κ1) is 17.8. The molecule has 5 heterocycles. The van der Waals surface area contributed by atoms with E-state index in [2.05, 4.69) is 9.88 Å². The van der Waals surface area contributed by atoms with E-state index in [-0.39, 0.29) is 23.9 Å². The minimum atomic E-state index is -0.834. The minimum absolute atomic E-state index is 0.00377. The number of piperidine rings is 3. The molecule has 2 aromatic rings. The number of carbonyl (C=O) groups excluding carboxylic acids is 1. The maximum atomic E-state index is 14.7. The number of aryl methyl sites for hydroxylation is 1. The summed E-state index contributed by atoms with van der Waals surface area (Å²) in [6, 6.07) is 4.38. The van der Waals surface area contributed by atoms with Crippen LogP contribution in [0, 0.1) is 17.6 Å². The van der Waals surface area contributed by atoms with Crippen LogP contribution in [0.2, 0.25) is 0 Å². The van der Waals surface area contributed by atoms with Crippen molar-refractivity contribution >= 4 is 5.91 Å². The third-order valence-corrected chi connectivity index (χ3v) is 6.80. The summed E-state index contributed by atoms with van der Waals surface area (Å²) in [7, 11) is 0. The maximum absolute atomic E-state index is 14.7. The molecular weight excluding hydrogens is 364 g/mol. The largest absolute Gasteiger partial charge is 0.448 e. The second-order valence-corrected chi connectivity index (χ2v) is 8.04. The van der Waals surface area contributed by atoms with Crippen LogP contribution in [0.1, 0.15) is 47.5 Å². The number of benzene rings is 1. The Kier molecular flexibility index (Phi) is 4.23. The van der Waals surface area contributed by atoms with Gasteiger partial charge >= 0.3 is 0 Å². The predicted octanol–water partition coefficient (Wildman–Crippen LogP) is 3.22. The van der Waals surface area contributed by atoms with Gasteiger partial charge in [0, 0.05) is 24.9 Å². The normalized spacial score (nSPS) is 31.2. The van der Waals surface area contributed by atoms with Gasteiger partial charge in [-0.3, -0.25) is 9.69 Å². The highest BCUT2D eigenvalue weighted by Crippen LogP contribution is 2.47. The third-order valence-electron chi connectivity index (χ3n) is 6.80. The highest BCUT2D eigenvalue weighted by Gasteiger charge is 2.55. The average molecular weight is 387 g/mol. The van der Waals surface area contributed by atoms with E-state index in [4.69, 9.17) is 4.42 Å². The molecule has 1 aromatic carbocycles. The van der Waals surface area contributed by atoms with Crippen molar-refractivity contribution in [2.24, 2.45) is 5.92 Å². The van der Waals surface area contributed by atoms with E-state index in [0.29, 0.717) is 35.9 Å². The van der Waals surface area contributed by atoms with Crippen molar-refractivity contribution < 1.29 is 18.0 Å². The summed E-state index contributed by atoms with van der Waals surface area (Å²) >= 11 is 0. The first-order valence-corrected chi connectivity index (χ1v) is 10.0. The van der Waals surface area contributed by atoms with E-state index in [1.54, 1.807) is 12.1 Å². The molecule has 0 radical (unpaired) electrons. The van der Waals surface area contributed by atoms with Crippen molar-refractivity contribution in [1.29, 1.82) is 0 Å². The third kappa shape index (κ3) is 2.52. The zero-order chi connectivity index (χ0) is 19.4. The van der Waals surface area contributed by atoms with Gasteiger partial charge in [-0.15, -0.1) is 0 Å². The van der Waals surface area contributed by atoms with Crippen molar-refractivity contribution in [3.05, 3.63) is 53.2 Å². The number of rotatable bonds is 3. The highest BCUT2D eigenvalue weighted by molar-refractivity contribution is 5.94. The lowest BCUT2D eigenvalue weighted by Crippen LogP contribution is -2.60. The van der Waals surface area contributed by atoms with Gasteiger partial charge in [-0.25, -0.2) is 13.8 Å². The molecule has 4 saturated heterocycles. The quantitative estimate of drug-likeness (QED) is 0.812. The number of oxazole rings is 1. The molecule has 28 heavy (non-hydrogen) atoms. The summed E-state index contributed by atoms with van der Waals surface area (Å²) in [4.78, 5) is 21.7. The molecule has 5 nitrogen and oxygen atoms in total. The lowest BCUT2D eigenvalue weighted by atomic mass is 9.75. The second kappa shape index (κ2) is 6.65. The molecule has 4 fully saturated rings. The molecule has 2 bridgehead atoms. The fourth-order valence-electron chi connectivity index (χ4n) is 5.57. The van der Waals surface area contributed by atoms with Crippen LogP contribution in [-0.4, -0.2) is 52.4 Å². The van der Waals surface area contributed by atoms with Crippen molar-refractivity contribution in [2.75, 3.05) is 19.6 Å². The van der Waals surface area contributed by atoms with Crippen LogP contribution in [0.5, 0.6) is 0 Å². The van der Waals surface area contributed by atoms with E-state index in [1.165, 1.54) is 6.39 Å². The second-order valence-electron chi connectivity index (χ2n) is 8.04. The molecule has 0 aliphatic carbocycles. The number of fused-ring (bicyclic) bond motifs is 2. The van der Waals surface area contributed by atoms with Crippen molar-refractivity contribution in [2.45, 2.75) is 44.2 Å². The zero-order valence-corrected chi connectivity index (χ0v) is 15.8. The number of carbonyl (C=O) groups is 1. The Balaban J connectivity index is 1.56. The fourth-order valence-corrected chi connectivity index (χ4v) is 5.57. The molecule has 7 heteroatoms. The Hall–Kier alpha value is -2.28. The maximum Gasteiger partial charge on any atom is 0.276 e. The van der Waals surface area contributed by atoms with Crippen molar-refractivity contribution in [1.82, 2.24) is 14.8 Å². The number of aromatic nitrogens is 1. The zero-order valence-electron chi connectivity index (χ0n) is 15.8. The Labute approximate surface area is 162 Å². The number of hydrogen-bond acceptors (Lipinski definition) is 4. The number of amides is 1. The number of likely N-dealkylation sites (tertiary alicyclic amines) is 1. The monoisotopic (exact) mass is 387 g/mol. The van der Waals surface area contributed by atoms with Crippen molar-refractivity contribution in [3.63, 3.8) is 0 Å². The van der Waals surface area contributed by atoms with Gasteiger partial charge in [-0.05, 0) is 43.5 Å². The van der Waals surface area contributed by atoms with Gasteiger partial charge in [0.15, 0.2) is 23.7 Å². The highest BCUT2D eigenvalue weighted by atomic mass is 19.2. The summed E-state index contributed by atoms with van der Waals surface area (Å²) in [5, 5.41) is 0. The standard InChI is InChI=1S/C21H23F2N3O2/c1-2-16-18(24-11-28-16)21(27)26-10-14(13-4-3-5-15(22)17(13)23)20-19(26)12-6-8-25(20)9-7-12/h3-5,11-12,14,19-20H,2,6-10H2,1H3/t14-,19-,20-/m1/s1. The van der Waals surface area contributed by atoms with E-state index in [0.717, 1.165) is 32.0 Å². The van der Waals surface area contributed by atoms with Crippen LogP contribution in [0.25, 0.3) is 0 Å². The lowest BCUT2D eigenvalue weighted by Gasteiger charge is -2.51. The molecule has 0 spiro atoms.